The molecule has 26 heavy (non-hydrogen) atoms. The lowest BCUT2D eigenvalue weighted by Crippen LogP contribution is -2.25. The highest BCUT2D eigenvalue weighted by Gasteiger charge is 2.30. The van der Waals surface area contributed by atoms with Gasteiger partial charge in [0.25, 0.3) is 0 Å². The molecule has 2 fully saturated rings. The van der Waals surface area contributed by atoms with Gasteiger partial charge in [0.1, 0.15) is 0 Å². The van der Waals surface area contributed by atoms with Gasteiger partial charge >= 0.3 is 5.97 Å². The molecule has 3 rings (SSSR count). The third-order valence-electron chi connectivity index (χ3n) is 6.96. The molecule has 0 radical (unpaired) electrons. The van der Waals surface area contributed by atoms with Gasteiger partial charge in [-0.05, 0) is 86.3 Å². The van der Waals surface area contributed by atoms with Crippen LogP contribution in [0, 0.1) is 17.8 Å². The second-order valence-corrected chi connectivity index (χ2v) is 8.56. The van der Waals surface area contributed by atoms with Gasteiger partial charge in [-0.3, -0.25) is 0 Å². The summed E-state index contributed by atoms with van der Waals surface area (Å²) in [5, 5.41) is 0. The Morgan fingerprint density at radius 1 is 0.885 bits per heavy atom. The predicted octanol–water partition coefficient (Wildman–Crippen LogP) is 6.74. The quantitative estimate of drug-likeness (QED) is 0.527. The van der Waals surface area contributed by atoms with Crippen molar-refractivity contribution in [2.45, 2.75) is 84.0 Å². The second kappa shape index (κ2) is 9.58. The highest BCUT2D eigenvalue weighted by molar-refractivity contribution is 5.89. The van der Waals surface area contributed by atoms with E-state index in [1.54, 1.807) is 0 Å². The first-order valence-corrected chi connectivity index (χ1v) is 11.0. The molecule has 2 aliphatic rings. The molecule has 0 N–H and O–H groups in total. The van der Waals surface area contributed by atoms with Crippen LogP contribution in [0.2, 0.25) is 0 Å². The molecule has 0 bridgehead atoms. The molecule has 0 aliphatic heterocycles. The van der Waals surface area contributed by atoms with Crippen molar-refractivity contribution >= 4 is 5.97 Å². The minimum absolute atomic E-state index is 0.190. The van der Waals surface area contributed by atoms with E-state index in [0.29, 0.717) is 18.1 Å². The molecule has 0 spiro atoms. The van der Waals surface area contributed by atoms with Crippen LogP contribution in [-0.4, -0.2) is 12.6 Å². The Bertz CT molecular complexity index is 546. The topological polar surface area (TPSA) is 26.3 Å². The Kier molecular flexibility index (Phi) is 7.16. The molecular weight excluding hydrogens is 320 g/mol. The van der Waals surface area contributed by atoms with Crippen molar-refractivity contribution < 1.29 is 9.53 Å². The molecule has 0 atom stereocenters. The van der Waals surface area contributed by atoms with Gasteiger partial charge in [-0.25, -0.2) is 4.79 Å². The minimum Gasteiger partial charge on any atom is -0.462 e. The summed E-state index contributed by atoms with van der Waals surface area (Å²) < 4.78 is 5.22. The number of hydrogen-bond donors (Lipinski definition) is 0. The van der Waals surface area contributed by atoms with Gasteiger partial charge in [0.15, 0.2) is 0 Å². The van der Waals surface area contributed by atoms with Crippen LogP contribution in [0.5, 0.6) is 0 Å². The Hall–Kier alpha value is -1.31. The predicted molar refractivity (Wildman–Crippen MR) is 107 cm³/mol. The van der Waals surface area contributed by atoms with Crippen LogP contribution in [-0.2, 0) is 4.74 Å². The third kappa shape index (κ3) is 4.90. The SMILES string of the molecule is CCCOC(=O)c1ccc([C@H]2CC[C@H]([C@H]3CC[C@H](CC)CC3)CC2)cc1. The van der Waals surface area contributed by atoms with Crippen molar-refractivity contribution in [2.24, 2.45) is 17.8 Å². The van der Waals surface area contributed by atoms with Crippen LogP contribution in [0.1, 0.15) is 99.9 Å². The number of esters is 1. The fraction of sp³-hybridized carbons (Fsp3) is 0.708. The lowest BCUT2D eigenvalue weighted by molar-refractivity contribution is 0.0505. The van der Waals surface area contributed by atoms with E-state index in [2.05, 4.69) is 19.1 Å². The Labute approximate surface area is 159 Å². The summed E-state index contributed by atoms with van der Waals surface area (Å²) in [6.07, 6.45) is 13.6. The number of carbonyl (C=O) groups excluding carboxylic acids is 1. The average molecular weight is 357 g/mol. The first-order chi connectivity index (χ1) is 12.7. The number of hydrogen-bond acceptors (Lipinski definition) is 2. The van der Waals surface area contributed by atoms with Crippen LogP contribution in [0.15, 0.2) is 24.3 Å². The zero-order valence-corrected chi connectivity index (χ0v) is 16.7. The summed E-state index contributed by atoms with van der Waals surface area (Å²) in [6.45, 7) is 4.87. The van der Waals surface area contributed by atoms with Gasteiger partial charge in [0, 0.05) is 0 Å². The lowest BCUT2D eigenvalue weighted by atomic mass is 9.68. The van der Waals surface area contributed by atoms with E-state index >= 15 is 0 Å². The number of ether oxygens (including phenoxy) is 1. The van der Waals surface area contributed by atoms with E-state index in [1.165, 1.54) is 63.4 Å². The molecule has 2 heteroatoms. The molecule has 0 saturated heterocycles. The second-order valence-electron chi connectivity index (χ2n) is 8.56. The minimum atomic E-state index is -0.190. The molecule has 1 aromatic carbocycles. The monoisotopic (exact) mass is 356 g/mol. The van der Waals surface area contributed by atoms with Crippen molar-refractivity contribution in [3.05, 3.63) is 35.4 Å². The van der Waals surface area contributed by atoms with Crippen molar-refractivity contribution in [1.82, 2.24) is 0 Å². The molecule has 1 aromatic rings. The van der Waals surface area contributed by atoms with E-state index in [1.807, 2.05) is 19.1 Å². The summed E-state index contributed by atoms with van der Waals surface area (Å²) in [5.74, 6) is 3.45. The van der Waals surface area contributed by atoms with Crippen LogP contribution >= 0.6 is 0 Å². The summed E-state index contributed by atoms with van der Waals surface area (Å²) in [7, 11) is 0. The van der Waals surface area contributed by atoms with Gasteiger partial charge in [0.05, 0.1) is 12.2 Å². The van der Waals surface area contributed by atoms with Crippen LogP contribution < -0.4 is 0 Å². The van der Waals surface area contributed by atoms with Crippen molar-refractivity contribution in [1.29, 1.82) is 0 Å². The highest BCUT2D eigenvalue weighted by Crippen LogP contribution is 2.44. The maximum absolute atomic E-state index is 11.9. The fourth-order valence-electron chi connectivity index (χ4n) is 5.16. The standard InChI is InChI=1S/C24H36O2/c1-3-17-26-24(25)23-15-13-22(14-16-23)21-11-9-20(10-12-21)19-7-5-18(4-2)6-8-19/h13-16,18-21H,3-12,17H2,1-2H3/t18-,19-,20-,21-. The molecule has 0 aromatic heterocycles. The van der Waals surface area contributed by atoms with Crippen LogP contribution in [0.3, 0.4) is 0 Å². The van der Waals surface area contributed by atoms with Gasteiger partial charge < -0.3 is 4.74 Å². The molecule has 0 heterocycles. The van der Waals surface area contributed by atoms with Crippen LogP contribution in [0.4, 0.5) is 0 Å². The van der Waals surface area contributed by atoms with Crippen molar-refractivity contribution in [2.75, 3.05) is 6.61 Å². The van der Waals surface area contributed by atoms with Crippen molar-refractivity contribution in [3.63, 3.8) is 0 Å². The number of rotatable bonds is 6. The first kappa shape index (κ1) is 19.5. The largest absolute Gasteiger partial charge is 0.462 e. The zero-order chi connectivity index (χ0) is 18.4. The fourth-order valence-corrected chi connectivity index (χ4v) is 5.16. The Balaban J connectivity index is 1.48. The number of benzene rings is 1. The molecule has 2 aliphatic carbocycles. The molecule has 2 nitrogen and oxygen atoms in total. The van der Waals surface area contributed by atoms with E-state index in [-0.39, 0.29) is 5.97 Å². The van der Waals surface area contributed by atoms with Gasteiger partial charge in [0.2, 0.25) is 0 Å². The smallest absolute Gasteiger partial charge is 0.338 e. The van der Waals surface area contributed by atoms with Gasteiger partial charge in [-0.15, -0.1) is 0 Å². The normalized spacial score (nSPS) is 29.3. The molecule has 144 valence electrons. The summed E-state index contributed by atoms with van der Waals surface area (Å²) in [5.41, 5.74) is 2.09. The molecule has 0 amide bonds. The third-order valence-corrected chi connectivity index (χ3v) is 6.96. The summed E-state index contributed by atoms with van der Waals surface area (Å²) in [6, 6.07) is 8.21. The van der Waals surface area contributed by atoms with E-state index in [0.717, 1.165) is 24.2 Å². The zero-order valence-electron chi connectivity index (χ0n) is 16.7. The Morgan fingerprint density at radius 3 is 2.00 bits per heavy atom. The van der Waals surface area contributed by atoms with Crippen molar-refractivity contribution in [3.8, 4) is 0 Å². The maximum Gasteiger partial charge on any atom is 0.338 e. The molecule has 0 unspecified atom stereocenters. The summed E-state index contributed by atoms with van der Waals surface area (Å²) in [4.78, 5) is 11.9. The molecule has 2 saturated carbocycles. The van der Waals surface area contributed by atoms with E-state index in [4.69, 9.17) is 4.74 Å². The number of carbonyl (C=O) groups is 1. The Morgan fingerprint density at radius 2 is 1.46 bits per heavy atom. The average Bonchev–Trinajstić information content (AvgIpc) is 2.72. The highest BCUT2D eigenvalue weighted by atomic mass is 16.5. The summed E-state index contributed by atoms with van der Waals surface area (Å²) >= 11 is 0. The van der Waals surface area contributed by atoms with Gasteiger partial charge in [-0.2, -0.15) is 0 Å². The molecular formula is C24H36O2. The first-order valence-electron chi connectivity index (χ1n) is 11.0. The maximum atomic E-state index is 11.9. The van der Waals surface area contributed by atoms with E-state index in [9.17, 15) is 4.79 Å². The van der Waals surface area contributed by atoms with E-state index < -0.39 is 0 Å². The van der Waals surface area contributed by atoms with Crippen LogP contribution in [0.25, 0.3) is 0 Å². The lowest BCUT2D eigenvalue weighted by Gasteiger charge is -2.38. The van der Waals surface area contributed by atoms with Gasteiger partial charge in [-0.1, -0.05) is 45.2 Å².